The summed E-state index contributed by atoms with van der Waals surface area (Å²) >= 11 is 0. The number of carbonyl (C=O) groups is 2. The molecule has 1 aliphatic heterocycles. The number of hydrogen-bond donors (Lipinski definition) is 1. The molecule has 39 heavy (non-hydrogen) atoms. The predicted octanol–water partition coefficient (Wildman–Crippen LogP) is 5.72. The zero-order valence-corrected chi connectivity index (χ0v) is 22.7. The monoisotopic (exact) mass is 522 g/mol. The maximum Gasteiger partial charge on any atom is 0.254 e. The van der Waals surface area contributed by atoms with Crippen molar-refractivity contribution >= 4 is 17.8 Å². The highest BCUT2D eigenvalue weighted by atomic mass is 16.5. The Bertz CT molecular complexity index is 1470. The number of anilines is 1. The van der Waals surface area contributed by atoms with Gasteiger partial charge in [0.25, 0.3) is 5.91 Å². The molecule has 1 aliphatic rings. The van der Waals surface area contributed by atoms with Crippen molar-refractivity contribution in [2.45, 2.75) is 39.7 Å². The molecule has 3 aromatic carbocycles. The number of hydrogen-bond acceptors (Lipinski definition) is 4. The molecule has 7 nitrogen and oxygen atoms in total. The molecule has 0 bridgehead atoms. The Labute approximate surface area is 229 Å². The number of amides is 2. The van der Waals surface area contributed by atoms with Gasteiger partial charge in [0.15, 0.2) is 0 Å². The third-order valence-corrected chi connectivity index (χ3v) is 7.24. The van der Waals surface area contributed by atoms with Crippen LogP contribution in [-0.4, -0.2) is 52.1 Å². The van der Waals surface area contributed by atoms with E-state index in [0.717, 1.165) is 40.9 Å². The van der Waals surface area contributed by atoms with Crippen molar-refractivity contribution in [1.29, 1.82) is 0 Å². The summed E-state index contributed by atoms with van der Waals surface area (Å²) in [5.74, 6) is -0.0889. The molecule has 1 atom stereocenters. The van der Waals surface area contributed by atoms with Gasteiger partial charge in [-0.05, 0) is 68.5 Å². The van der Waals surface area contributed by atoms with E-state index in [1.165, 1.54) is 5.56 Å². The summed E-state index contributed by atoms with van der Waals surface area (Å²) in [4.78, 5) is 33.4. The average molecular weight is 523 g/mol. The second-order valence-corrected chi connectivity index (χ2v) is 10.1. The summed E-state index contributed by atoms with van der Waals surface area (Å²) in [6.45, 7) is 6.97. The topological polar surface area (TPSA) is 76.5 Å². The van der Waals surface area contributed by atoms with Crippen molar-refractivity contribution in [2.24, 2.45) is 0 Å². The fourth-order valence-electron chi connectivity index (χ4n) is 4.86. The quantitative estimate of drug-likeness (QED) is 0.321. The third kappa shape index (κ3) is 6.10. The summed E-state index contributed by atoms with van der Waals surface area (Å²) in [6.07, 6.45) is 3.68. The second kappa shape index (κ2) is 11.7. The van der Waals surface area contributed by atoms with Crippen LogP contribution in [0.5, 0.6) is 0 Å². The number of nitrogens with zero attached hydrogens (tertiary/aromatic N) is 3. The van der Waals surface area contributed by atoms with Crippen LogP contribution in [0, 0.1) is 20.8 Å². The van der Waals surface area contributed by atoms with Gasteiger partial charge in [0.2, 0.25) is 11.9 Å². The van der Waals surface area contributed by atoms with Gasteiger partial charge in [-0.1, -0.05) is 54.6 Å². The van der Waals surface area contributed by atoms with Crippen LogP contribution in [-0.2, 0) is 9.53 Å². The highest BCUT2D eigenvalue weighted by Gasteiger charge is 2.26. The van der Waals surface area contributed by atoms with Crippen molar-refractivity contribution in [2.75, 3.05) is 25.0 Å². The Kier molecular flexibility index (Phi) is 7.89. The summed E-state index contributed by atoms with van der Waals surface area (Å²) in [5.41, 5.74) is 6.39. The van der Waals surface area contributed by atoms with Crippen LogP contribution in [0.3, 0.4) is 0 Å². The first kappa shape index (κ1) is 26.4. The van der Waals surface area contributed by atoms with Crippen LogP contribution in [0.2, 0.25) is 0 Å². The largest absolute Gasteiger partial charge is 0.376 e. The molecule has 1 unspecified atom stereocenters. The van der Waals surface area contributed by atoms with Gasteiger partial charge in [-0.3, -0.25) is 19.5 Å². The van der Waals surface area contributed by atoms with Crippen molar-refractivity contribution in [3.05, 3.63) is 101 Å². The van der Waals surface area contributed by atoms with E-state index < -0.39 is 0 Å². The van der Waals surface area contributed by atoms with E-state index in [-0.39, 0.29) is 24.5 Å². The van der Waals surface area contributed by atoms with Gasteiger partial charge >= 0.3 is 0 Å². The third-order valence-electron chi connectivity index (χ3n) is 7.24. The van der Waals surface area contributed by atoms with E-state index in [4.69, 9.17) is 9.72 Å². The van der Waals surface area contributed by atoms with Crippen LogP contribution in [0.4, 0.5) is 5.95 Å². The maximum absolute atomic E-state index is 13.6. The van der Waals surface area contributed by atoms with Crippen molar-refractivity contribution in [3.63, 3.8) is 0 Å². The lowest BCUT2D eigenvalue weighted by atomic mass is 10.1. The Morgan fingerprint density at radius 2 is 1.74 bits per heavy atom. The number of rotatable bonds is 8. The molecule has 7 heteroatoms. The van der Waals surface area contributed by atoms with E-state index in [0.29, 0.717) is 24.7 Å². The molecule has 5 rings (SSSR count). The van der Waals surface area contributed by atoms with Gasteiger partial charge in [0, 0.05) is 36.2 Å². The number of aryl methyl sites for hydroxylation is 3. The lowest BCUT2D eigenvalue weighted by molar-refractivity contribution is -0.117. The molecule has 0 spiro atoms. The maximum atomic E-state index is 13.6. The highest BCUT2D eigenvalue weighted by Crippen LogP contribution is 2.26. The molecule has 1 fully saturated rings. The summed E-state index contributed by atoms with van der Waals surface area (Å²) in [6, 6.07) is 23.5. The van der Waals surface area contributed by atoms with Crippen LogP contribution < -0.4 is 5.32 Å². The molecule has 0 aliphatic carbocycles. The van der Waals surface area contributed by atoms with E-state index in [2.05, 4.69) is 31.3 Å². The zero-order chi connectivity index (χ0) is 27.4. The molecular formula is C32H34N4O3. The van der Waals surface area contributed by atoms with Gasteiger partial charge in [0.05, 0.1) is 11.8 Å². The zero-order valence-electron chi connectivity index (χ0n) is 22.7. The van der Waals surface area contributed by atoms with Crippen molar-refractivity contribution in [3.8, 4) is 16.9 Å². The Balaban J connectivity index is 1.43. The molecule has 2 amide bonds. The van der Waals surface area contributed by atoms with E-state index in [1.807, 2.05) is 72.3 Å². The molecule has 200 valence electrons. The normalized spacial score (nSPS) is 14.8. The van der Waals surface area contributed by atoms with Crippen LogP contribution in [0.1, 0.15) is 39.9 Å². The van der Waals surface area contributed by atoms with Crippen LogP contribution in [0.15, 0.2) is 79.0 Å². The number of benzene rings is 3. The van der Waals surface area contributed by atoms with E-state index in [1.54, 1.807) is 11.0 Å². The number of carbonyl (C=O) groups excluding carboxylic acids is 2. The molecular weight excluding hydrogens is 488 g/mol. The minimum atomic E-state index is -0.315. The van der Waals surface area contributed by atoms with Gasteiger partial charge in [0.1, 0.15) is 6.54 Å². The number of imidazole rings is 1. The summed E-state index contributed by atoms with van der Waals surface area (Å²) < 4.78 is 7.70. The SMILES string of the molecule is Cc1ccc(-n2cc(-c3ccccc3)nc2NC(=O)CN(CC2CCCO2)C(=O)c2ccccc2C)cc1C. The van der Waals surface area contributed by atoms with Gasteiger partial charge < -0.3 is 9.64 Å². The lowest BCUT2D eigenvalue weighted by Gasteiger charge is -2.25. The molecule has 4 aromatic rings. The number of ether oxygens (including phenoxy) is 1. The predicted molar refractivity (Wildman–Crippen MR) is 153 cm³/mol. The van der Waals surface area contributed by atoms with Gasteiger partial charge in [-0.2, -0.15) is 0 Å². The summed E-state index contributed by atoms with van der Waals surface area (Å²) in [5, 5.41) is 2.99. The Morgan fingerprint density at radius 3 is 2.46 bits per heavy atom. The first-order valence-electron chi connectivity index (χ1n) is 13.4. The van der Waals surface area contributed by atoms with Crippen LogP contribution >= 0.6 is 0 Å². The fraction of sp³-hybridized carbons (Fsp3) is 0.281. The molecule has 1 aromatic heterocycles. The molecule has 0 radical (unpaired) electrons. The van der Waals surface area contributed by atoms with Crippen LogP contribution in [0.25, 0.3) is 16.9 Å². The van der Waals surface area contributed by atoms with Crippen molar-refractivity contribution in [1.82, 2.24) is 14.5 Å². The smallest absolute Gasteiger partial charge is 0.254 e. The first-order chi connectivity index (χ1) is 18.9. The average Bonchev–Trinajstić information content (AvgIpc) is 3.60. The standard InChI is InChI=1S/C32H34N4O3/c1-22-15-16-26(18-24(22)3)36-20-29(25-11-5-4-6-12-25)33-32(36)34-30(37)21-35(19-27-13-9-17-39-27)31(38)28-14-8-7-10-23(28)2/h4-8,10-12,14-16,18,20,27H,9,13,17,19,21H2,1-3H3,(H,33,34,37). The van der Waals surface area contributed by atoms with Gasteiger partial charge in [-0.25, -0.2) is 4.98 Å². The minimum absolute atomic E-state index is 0.0760. The van der Waals surface area contributed by atoms with E-state index >= 15 is 0 Å². The van der Waals surface area contributed by atoms with E-state index in [9.17, 15) is 9.59 Å². The molecule has 2 heterocycles. The van der Waals surface area contributed by atoms with Gasteiger partial charge in [-0.15, -0.1) is 0 Å². The summed E-state index contributed by atoms with van der Waals surface area (Å²) in [7, 11) is 0. The highest BCUT2D eigenvalue weighted by molar-refractivity contribution is 6.00. The minimum Gasteiger partial charge on any atom is -0.376 e. The lowest BCUT2D eigenvalue weighted by Crippen LogP contribution is -2.42. The number of aromatic nitrogens is 2. The number of nitrogens with one attached hydrogen (secondary N) is 1. The fourth-order valence-corrected chi connectivity index (χ4v) is 4.86. The molecule has 1 saturated heterocycles. The molecule has 1 N–H and O–H groups in total. The Hall–Kier alpha value is -4.23. The second-order valence-electron chi connectivity index (χ2n) is 10.1. The molecule has 0 saturated carbocycles. The van der Waals surface area contributed by atoms with Crippen molar-refractivity contribution < 1.29 is 14.3 Å². The first-order valence-corrected chi connectivity index (χ1v) is 13.4. The Morgan fingerprint density at radius 1 is 0.974 bits per heavy atom.